The second-order valence-electron chi connectivity index (χ2n) is 8.14. The van der Waals surface area contributed by atoms with Gasteiger partial charge in [-0.15, -0.1) is 0 Å². The van der Waals surface area contributed by atoms with E-state index in [1.54, 1.807) is 43.7 Å². The van der Waals surface area contributed by atoms with E-state index in [0.717, 1.165) is 22.5 Å². The van der Waals surface area contributed by atoms with Crippen molar-refractivity contribution in [2.24, 2.45) is 4.99 Å². The Bertz CT molecular complexity index is 1270. The summed E-state index contributed by atoms with van der Waals surface area (Å²) < 4.78 is 26.0. The van der Waals surface area contributed by atoms with Crippen LogP contribution in [0.3, 0.4) is 0 Å². The number of aliphatic imine (C=N–C) groups is 1. The molecule has 3 aromatic rings. The summed E-state index contributed by atoms with van der Waals surface area (Å²) in [5.41, 5.74) is 3.70. The lowest BCUT2D eigenvalue weighted by Crippen LogP contribution is -2.35. The van der Waals surface area contributed by atoms with Gasteiger partial charge in [0.1, 0.15) is 17.3 Å². The molecule has 1 aromatic heterocycles. The van der Waals surface area contributed by atoms with Crippen molar-refractivity contribution >= 4 is 17.9 Å². The van der Waals surface area contributed by atoms with Crippen LogP contribution in [0.1, 0.15) is 29.8 Å². The summed E-state index contributed by atoms with van der Waals surface area (Å²) in [5, 5.41) is 3.15. The highest BCUT2D eigenvalue weighted by molar-refractivity contribution is 6.15. The van der Waals surface area contributed by atoms with E-state index in [2.05, 4.69) is 15.3 Å². The molecule has 4 rings (SSSR count). The van der Waals surface area contributed by atoms with Crippen LogP contribution in [0.2, 0.25) is 0 Å². The Morgan fingerprint density at radius 2 is 1.97 bits per heavy atom. The van der Waals surface area contributed by atoms with Crippen molar-refractivity contribution < 1.29 is 18.7 Å². The predicted octanol–water partition coefficient (Wildman–Crippen LogP) is 3.86. The van der Waals surface area contributed by atoms with Crippen LogP contribution in [0.15, 0.2) is 65.7 Å². The fraction of sp³-hybridized carbons (Fsp3) is 0.269. The van der Waals surface area contributed by atoms with Gasteiger partial charge >= 0.3 is 0 Å². The van der Waals surface area contributed by atoms with Crippen molar-refractivity contribution in [1.82, 2.24) is 19.8 Å². The molecular formula is C26H28FN5O3. The minimum Gasteiger partial charge on any atom is -0.495 e. The molecule has 1 N–H and O–H groups in total. The van der Waals surface area contributed by atoms with Crippen LogP contribution >= 0.6 is 0 Å². The van der Waals surface area contributed by atoms with E-state index < -0.39 is 0 Å². The van der Waals surface area contributed by atoms with E-state index in [1.807, 2.05) is 42.8 Å². The van der Waals surface area contributed by atoms with Gasteiger partial charge in [-0.2, -0.15) is 0 Å². The number of methoxy groups -OCH3 is 2. The van der Waals surface area contributed by atoms with Crippen LogP contribution in [-0.4, -0.2) is 53.7 Å². The molecule has 1 unspecified atom stereocenters. The number of aryl methyl sites for hydroxylation is 1. The molecule has 9 heteroatoms. The third-order valence-corrected chi connectivity index (χ3v) is 5.73. The zero-order valence-electron chi connectivity index (χ0n) is 20.2. The quantitative estimate of drug-likeness (QED) is 0.394. The second-order valence-corrected chi connectivity index (χ2v) is 8.14. The number of hydrogen-bond acceptors (Lipinski definition) is 5. The first kappa shape index (κ1) is 24.2. The van der Waals surface area contributed by atoms with Crippen LogP contribution in [-0.2, 0) is 9.53 Å². The van der Waals surface area contributed by atoms with Crippen molar-refractivity contribution in [2.75, 3.05) is 27.4 Å². The molecule has 2 heterocycles. The fourth-order valence-electron chi connectivity index (χ4n) is 3.88. The van der Waals surface area contributed by atoms with Crippen molar-refractivity contribution in [3.05, 3.63) is 83.3 Å². The molecular weight excluding hydrogens is 449 g/mol. The van der Waals surface area contributed by atoms with Gasteiger partial charge in [0.25, 0.3) is 5.91 Å². The monoisotopic (exact) mass is 477 g/mol. The lowest BCUT2D eigenvalue weighted by molar-refractivity contribution is -0.123. The number of imidazole rings is 1. The van der Waals surface area contributed by atoms with E-state index in [4.69, 9.17) is 9.47 Å². The number of ether oxygens (including phenoxy) is 2. The first-order valence-electron chi connectivity index (χ1n) is 11.2. The maximum Gasteiger partial charge on any atom is 0.277 e. The van der Waals surface area contributed by atoms with E-state index in [0.29, 0.717) is 30.6 Å². The van der Waals surface area contributed by atoms with Gasteiger partial charge in [-0.1, -0.05) is 18.2 Å². The number of hydrogen-bond donors (Lipinski definition) is 1. The Labute approximate surface area is 203 Å². The van der Waals surface area contributed by atoms with Crippen LogP contribution in [0.25, 0.3) is 11.8 Å². The number of carbonyl (C=O) groups is 1. The van der Waals surface area contributed by atoms with Gasteiger partial charge < -0.3 is 19.4 Å². The van der Waals surface area contributed by atoms with Crippen molar-refractivity contribution in [3.8, 4) is 11.4 Å². The first-order chi connectivity index (χ1) is 16.9. The molecule has 1 atom stereocenters. The number of nitrogens with one attached hydrogen (secondary N) is 1. The average molecular weight is 478 g/mol. The van der Waals surface area contributed by atoms with Gasteiger partial charge in [0.15, 0.2) is 0 Å². The smallest absolute Gasteiger partial charge is 0.277 e. The Kier molecular flexibility index (Phi) is 7.26. The number of carbonyl (C=O) groups excluding carboxylic acids is 1. The van der Waals surface area contributed by atoms with Gasteiger partial charge in [0, 0.05) is 13.3 Å². The normalized spacial score (nSPS) is 16.7. The molecule has 182 valence electrons. The number of aromatic nitrogens is 2. The van der Waals surface area contributed by atoms with Gasteiger partial charge in [-0.3, -0.25) is 14.7 Å². The predicted molar refractivity (Wildman–Crippen MR) is 132 cm³/mol. The standard InChI is InChI=1S/C26H28FN5O3/c1-17-15-31(16-29-17)23-10-5-19(14-24(23)35-4)13-22-25(33)32(26(30-22)28-11-12-34-3)18(2)20-6-8-21(27)9-7-20/h5-10,13-16,18H,11-12H2,1-4H3,(H,28,30)/b22-13-. The summed E-state index contributed by atoms with van der Waals surface area (Å²) in [6, 6.07) is 11.4. The summed E-state index contributed by atoms with van der Waals surface area (Å²) in [5.74, 6) is 0.510. The Morgan fingerprint density at radius 1 is 1.20 bits per heavy atom. The van der Waals surface area contributed by atoms with Crippen molar-refractivity contribution in [3.63, 3.8) is 0 Å². The van der Waals surface area contributed by atoms with Crippen LogP contribution in [0.5, 0.6) is 5.75 Å². The molecule has 2 aromatic carbocycles. The Hall–Kier alpha value is -3.98. The summed E-state index contributed by atoms with van der Waals surface area (Å²) in [7, 11) is 3.20. The highest BCUT2D eigenvalue weighted by Crippen LogP contribution is 2.29. The molecule has 1 fully saturated rings. The highest BCUT2D eigenvalue weighted by atomic mass is 19.1. The molecule has 1 amide bonds. The van der Waals surface area contributed by atoms with E-state index >= 15 is 0 Å². The van der Waals surface area contributed by atoms with E-state index in [9.17, 15) is 9.18 Å². The summed E-state index contributed by atoms with van der Waals surface area (Å²) in [6.45, 7) is 4.61. The first-order valence-corrected chi connectivity index (χ1v) is 11.2. The SMILES string of the molecule is COCC/N=C1\N/C(=C\c2ccc(-n3cnc(C)c3)c(OC)c2)C(=O)N1C(C)c1ccc(F)cc1. The van der Waals surface area contributed by atoms with Crippen molar-refractivity contribution in [1.29, 1.82) is 0 Å². The summed E-state index contributed by atoms with van der Waals surface area (Å²) in [4.78, 5) is 23.8. The summed E-state index contributed by atoms with van der Waals surface area (Å²) >= 11 is 0. The van der Waals surface area contributed by atoms with Gasteiger partial charge in [-0.25, -0.2) is 9.37 Å². The number of benzene rings is 2. The fourth-order valence-corrected chi connectivity index (χ4v) is 3.88. The Balaban J connectivity index is 1.66. The van der Waals surface area contributed by atoms with Gasteiger partial charge in [-0.05, 0) is 55.3 Å². The Morgan fingerprint density at radius 3 is 2.63 bits per heavy atom. The second kappa shape index (κ2) is 10.5. The van der Waals surface area contributed by atoms with Crippen molar-refractivity contribution in [2.45, 2.75) is 19.9 Å². The average Bonchev–Trinajstić information content (AvgIpc) is 3.42. The van der Waals surface area contributed by atoms with E-state index in [-0.39, 0.29) is 17.8 Å². The molecule has 1 aliphatic rings. The number of guanidine groups is 1. The van der Waals surface area contributed by atoms with Crippen LogP contribution in [0, 0.1) is 12.7 Å². The molecule has 1 aliphatic heterocycles. The lowest BCUT2D eigenvalue weighted by Gasteiger charge is -2.23. The molecule has 8 nitrogen and oxygen atoms in total. The minimum atomic E-state index is -0.357. The maximum atomic E-state index is 13.4. The topological polar surface area (TPSA) is 81.0 Å². The summed E-state index contributed by atoms with van der Waals surface area (Å²) in [6.07, 6.45) is 5.40. The van der Waals surface area contributed by atoms with E-state index in [1.165, 1.54) is 12.1 Å². The molecule has 0 saturated carbocycles. The molecule has 1 saturated heterocycles. The highest BCUT2D eigenvalue weighted by Gasteiger charge is 2.36. The zero-order valence-corrected chi connectivity index (χ0v) is 20.2. The maximum absolute atomic E-state index is 13.4. The number of amides is 1. The number of halogens is 1. The van der Waals surface area contributed by atoms with Gasteiger partial charge in [0.05, 0.1) is 44.0 Å². The number of nitrogens with zero attached hydrogens (tertiary/aromatic N) is 4. The zero-order chi connectivity index (χ0) is 24.9. The lowest BCUT2D eigenvalue weighted by atomic mass is 10.1. The molecule has 35 heavy (non-hydrogen) atoms. The van der Waals surface area contributed by atoms with Crippen LogP contribution < -0.4 is 10.1 Å². The molecule has 0 bridgehead atoms. The third kappa shape index (κ3) is 5.25. The van der Waals surface area contributed by atoms with Crippen LogP contribution in [0.4, 0.5) is 4.39 Å². The minimum absolute atomic E-state index is 0.230. The third-order valence-electron chi connectivity index (χ3n) is 5.73. The molecule has 0 spiro atoms. The molecule has 0 aliphatic carbocycles. The number of rotatable bonds is 8. The largest absolute Gasteiger partial charge is 0.495 e. The molecule has 0 radical (unpaired) electrons. The van der Waals surface area contributed by atoms with Gasteiger partial charge in [0.2, 0.25) is 5.96 Å².